The molecule has 0 fully saturated rings. The van der Waals surface area contributed by atoms with Gasteiger partial charge in [0, 0.05) is 12.1 Å². The third-order valence-electron chi connectivity index (χ3n) is 3.04. The maximum absolute atomic E-state index is 6.31. The molecule has 110 valence electrons. The fourth-order valence-corrected chi connectivity index (χ4v) is 3.72. The Hall–Kier alpha value is -0.750. The van der Waals surface area contributed by atoms with Gasteiger partial charge in [-0.3, -0.25) is 4.68 Å². The van der Waals surface area contributed by atoms with E-state index in [1.54, 1.807) is 13.3 Å². The van der Waals surface area contributed by atoms with Gasteiger partial charge in [-0.25, -0.2) is 0 Å². The number of thiophene rings is 1. The zero-order chi connectivity index (χ0) is 14.7. The smallest absolute Gasteiger partial charge is 0.161 e. The molecule has 2 aromatic rings. The van der Waals surface area contributed by atoms with Crippen LogP contribution in [0, 0.1) is 0 Å². The van der Waals surface area contributed by atoms with Crippen LogP contribution in [0.1, 0.15) is 31.1 Å². The molecule has 7 heteroatoms. The molecule has 0 aliphatic heterocycles. The summed E-state index contributed by atoms with van der Waals surface area (Å²) in [6.07, 6.45) is 1.73. The van der Waals surface area contributed by atoms with E-state index in [9.17, 15) is 0 Å². The number of rotatable bonds is 6. The van der Waals surface area contributed by atoms with Crippen LogP contribution < -0.4 is 10.1 Å². The molecule has 0 saturated carbocycles. The zero-order valence-corrected chi connectivity index (χ0v) is 13.9. The lowest BCUT2D eigenvalue weighted by Crippen LogP contribution is -2.25. The molecule has 4 nitrogen and oxygen atoms in total. The van der Waals surface area contributed by atoms with Gasteiger partial charge in [0.15, 0.2) is 5.75 Å². The third kappa shape index (κ3) is 2.96. The summed E-state index contributed by atoms with van der Waals surface area (Å²) in [5.74, 6) is 0.746. The summed E-state index contributed by atoms with van der Waals surface area (Å²) in [4.78, 5) is 0. The van der Waals surface area contributed by atoms with Crippen molar-refractivity contribution in [2.24, 2.45) is 0 Å². The normalized spacial score (nSPS) is 12.7. The first-order chi connectivity index (χ1) is 9.62. The SMILES string of the molecule is CCNC(c1cc(Cl)sc1Cl)c1c(OC)cnn1CC. The van der Waals surface area contributed by atoms with Crippen LogP contribution in [0.25, 0.3) is 0 Å². The minimum atomic E-state index is -0.0892. The third-order valence-corrected chi connectivity index (χ3v) is 4.56. The first-order valence-electron chi connectivity index (χ1n) is 6.40. The molecule has 20 heavy (non-hydrogen) atoms. The van der Waals surface area contributed by atoms with Gasteiger partial charge in [0.2, 0.25) is 0 Å². The second kappa shape index (κ2) is 6.80. The van der Waals surface area contributed by atoms with Crippen molar-refractivity contribution in [3.05, 3.63) is 32.2 Å². The number of nitrogens with one attached hydrogen (secondary N) is 1. The van der Waals surface area contributed by atoms with Gasteiger partial charge >= 0.3 is 0 Å². The van der Waals surface area contributed by atoms with Gasteiger partial charge in [0.05, 0.1) is 28.0 Å². The molecule has 0 radical (unpaired) electrons. The van der Waals surface area contributed by atoms with E-state index in [4.69, 9.17) is 27.9 Å². The van der Waals surface area contributed by atoms with Crippen molar-refractivity contribution in [1.82, 2.24) is 15.1 Å². The molecular formula is C13H17Cl2N3OS. The Morgan fingerprint density at radius 3 is 2.70 bits per heavy atom. The van der Waals surface area contributed by atoms with E-state index in [0.29, 0.717) is 8.67 Å². The fourth-order valence-electron chi connectivity index (χ4n) is 2.19. The molecule has 2 rings (SSSR count). The first kappa shape index (κ1) is 15.6. The molecule has 0 bridgehead atoms. The average Bonchev–Trinajstić information content (AvgIpc) is 2.98. The Kier molecular flexibility index (Phi) is 5.32. The number of aromatic nitrogens is 2. The van der Waals surface area contributed by atoms with Gasteiger partial charge in [0.25, 0.3) is 0 Å². The van der Waals surface area contributed by atoms with Crippen LogP contribution in [0.15, 0.2) is 12.3 Å². The predicted octanol–water partition coefficient (Wildman–Crippen LogP) is 3.98. The molecule has 0 aliphatic rings. The number of methoxy groups -OCH3 is 1. The predicted molar refractivity (Wildman–Crippen MR) is 84.3 cm³/mol. The summed E-state index contributed by atoms with van der Waals surface area (Å²) in [5, 5.41) is 7.78. The number of nitrogens with zero attached hydrogens (tertiary/aromatic N) is 2. The van der Waals surface area contributed by atoms with Crippen molar-refractivity contribution in [2.75, 3.05) is 13.7 Å². The number of hydrogen-bond donors (Lipinski definition) is 1. The monoisotopic (exact) mass is 333 g/mol. The maximum atomic E-state index is 6.31. The van der Waals surface area contributed by atoms with Crippen LogP contribution in [0.5, 0.6) is 5.75 Å². The molecule has 1 N–H and O–H groups in total. The van der Waals surface area contributed by atoms with E-state index in [1.807, 2.05) is 24.6 Å². The Morgan fingerprint density at radius 1 is 1.45 bits per heavy atom. The quantitative estimate of drug-likeness (QED) is 0.868. The minimum Gasteiger partial charge on any atom is -0.493 e. The molecular weight excluding hydrogens is 317 g/mol. The lowest BCUT2D eigenvalue weighted by molar-refractivity contribution is 0.399. The van der Waals surface area contributed by atoms with Gasteiger partial charge in [-0.2, -0.15) is 5.10 Å². The number of aryl methyl sites for hydroxylation is 1. The van der Waals surface area contributed by atoms with Crippen molar-refractivity contribution < 1.29 is 4.74 Å². The summed E-state index contributed by atoms with van der Waals surface area (Å²) in [6.45, 7) is 5.65. The molecule has 1 unspecified atom stereocenters. The van der Waals surface area contributed by atoms with Crippen molar-refractivity contribution in [1.29, 1.82) is 0 Å². The van der Waals surface area contributed by atoms with Crippen LogP contribution in [0.3, 0.4) is 0 Å². The van der Waals surface area contributed by atoms with Gasteiger partial charge in [-0.15, -0.1) is 11.3 Å². The Balaban J connectivity index is 2.53. The number of ether oxygens (including phenoxy) is 1. The van der Waals surface area contributed by atoms with Crippen LogP contribution in [-0.4, -0.2) is 23.4 Å². The summed E-state index contributed by atoms with van der Waals surface area (Å²) in [6, 6.07) is 1.81. The van der Waals surface area contributed by atoms with Crippen LogP contribution in [0.4, 0.5) is 0 Å². The highest BCUT2D eigenvalue weighted by Gasteiger charge is 2.25. The molecule has 0 aromatic carbocycles. The Labute approximate surface area is 132 Å². The molecule has 2 heterocycles. The largest absolute Gasteiger partial charge is 0.493 e. The van der Waals surface area contributed by atoms with Gasteiger partial charge < -0.3 is 10.1 Å². The average molecular weight is 334 g/mol. The van der Waals surface area contributed by atoms with Crippen molar-refractivity contribution in [2.45, 2.75) is 26.4 Å². The second-order valence-corrected chi connectivity index (χ2v) is 6.47. The molecule has 0 amide bonds. The topological polar surface area (TPSA) is 39.1 Å². The van der Waals surface area contributed by atoms with E-state index >= 15 is 0 Å². The first-order valence-corrected chi connectivity index (χ1v) is 7.97. The second-order valence-electron chi connectivity index (χ2n) is 4.18. The fraction of sp³-hybridized carbons (Fsp3) is 0.462. The van der Waals surface area contributed by atoms with Crippen LogP contribution >= 0.6 is 34.5 Å². The minimum absolute atomic E-state index is 0.0892. The standard InChI is InChI=1S/C13H17Cl2N3OS/c1-4-16-11(8-6-10(14)20-13(8)15)12-9(19-3)7-17-18(12)5-2/h6-7,11,16H,4-5H2,1-3H3. The number of halogens is 2. The van der Waals surface area contributed by atoms with Gasteiger partial charge in [0.1, 0.15) is 5.69 Å². The van der Waals surface area contributed by atoms with E-state index in [-0.39, 0.29) is 6.04 Å². The molecule has 0 aliphatic carbocycles. The van der Waals surface area contributed by atoms with E-state index < -0.39 is 0 Å². The van der Waals surface area contributed by atoms with E-state index in [1.165, 1.54) is 11.3 Å². The molecule has 0 saturated heterocycles. The van der Waals surface area contributed by atoms with E-state index in [2.05, 4.69) is 10.4 Å². The zero-order valence-electron chi connectivity index (χ0n) is 11.6. The highest BCUT2D eigenvalue weighted by atomic mass is 35.5. The van der Waals surface area contributed by atoms with Crippen molar-refractivity contribution >= 4 is 34.5 Å². The van der Waals surface area contributed by atoms with E-state index in [0.717, 1.165) is 30.1 Å². The summed E-state index contributed by atoms with van der Waals surface area (Å²) < 4.78 is 8.70. The van der Waals surface area contributed by atoms with Crippen LogP contribution in [-0.2, 0) is 6.54 Å². The summed E-state index contributed by atoms with van der Waals surface area (Å²) in [5.41, 5.74) is 1.92. The summed E-state index contributed by atoms with van der Waals surface area (Å²) >= 11 is 13.7. The number of hydrogen-bond acceptors (Lipinski definition) is 4. The maximum Gasteiger partial charge on any atom is 0.161 e. The molecule has 2 aromatic heterocycles. The molecule has 1 atom stereocenters. The summed E-state index contributed by atoms with van der Waals surface area (Å²) in [7, 11) is 1.64. The Bertz CT molecular complexity index is 561. The highest BCUT2D eigenvalue weighted by molar-refractivity contribution is 7.20. The van der Waals surface area contributed by atoms with Crippen molar-refractivity contribution in [3.8, 4) is 5.75 Å². The Morgan fingerprint density at radius 2 is 2.20 bits per heavy atom. The van der Waals surface area contributed by atoms with Crippen LogP contribution in [0.2, 0.25) is 8.67 Å². The lowest BCUT2D eigenvalue weighted by atomic mass is 10.1. The highest BCUT2D eigenvalue weighted by Crippen LogP contribution is 2.39. The molecule has 0 spiro atoms. The van der Waals surface area contributed by atoms with Crippen molar-refractivity contribution in [3.63, 3.8) is 0 Å². The van der Waals surface area contributed by atoms with Gasteiger partial charge in [-0.05, 0) is 19.5 Å². The lowest BCUT2D eigenvalue weighted by Gasteiger charge is -2.20. The van der Waals surface area contributed by atoms with Gasteiger partial charge in [-0.1, -0.05) is 30.1 Å².